The Hall–Kier alpha value is -2.64. The van der Waals surface area contributed by atoms with Crippen LogP contribution in [0.25, 0.3) is 10.2 Å². The van der Waals surface area contributed by atoms with E-state index in [-0.39, 0.29) is 11.9 Å². The number of aryl methyl sites for hydroxylation is 1. The predicted molar refractivity (Wildman–Crippen MR) is 117 cm³/mol. The molecule has 0 fully saturated rings. The third-order valence-electron chi connectivity index (χ3n) is 4.74. The molecule has 0 N–H and O–H groups in total. The summed E-state index contributed by atoms with van der Waals surface area (Å²) in [6.45, 7) is 3.89. The maximum absolute atomic E-state index is 13.3. The SMILES string of the molecule is Cc1cc(CSc2ccccc2C(=O)N(C)C(C)c2nc3ccccc3s2)no1. The van der Waals surface area contributed by atoms with Gasteiger partial charge in [-0.05, 0) is 38.1 Å². The topological polar surface area (TPSA) is 59.2 Å². The standard InChI is InChI=1S/C22H21N3O2S2/c1-14-12-16(24-27-14)13-28-19-10-6-4-8-17(19)22(26)25(3)15(2)21-23-18-9-5-7-11-20(18)29-21/h4-12,15H,13H2,1-3H3. The van der Waals surface area contributed by atoms with E-state index in [9.17, 15) is 4.79 Å². The summed E-state index contributed by atoms with van der Waals surface area (Å²) in [6, 6.07) is 17.5. The first-order valence-corrected chi connectivity index (χ1v) is 11.1. The van der Waals surface area contributed by atoms with E-state index >= 15 is 0 Å². The summed E-state index contributed by atoms with van der Waals surface area (Å²) in [5.74, 6) is 1.42. The number of hydrogen-bond donors (Lipinski definition) is 0. The number of carbonyl (C=O) groups excluding carboxylic acids is 1. The minimum atomic E-state index is -0.115. The maximum atomic E-state index is 13.3. The first-order valence-electron chi connectivity index (χ1n) is 9.29. The Labute approximate surface area is 177 Å². The van der Waals surface area contributed by atoms with Crippen LogP contribution in [0.5, 0.6) is 0 Å². The molecule has 0 saturated heterocycles. The van der Waals surface area contributed by atoms with E-state index in [2.05, 4.69) is 11.2 Å². The quantitative estimate of drug-likeness (QED) is 0.371. The third kappa shape index (κ3) is 4.21. The van der Waals surface area contributed by atoms with Crippen LogP contribution in [0.2, 0.25) is 0 Å². The van der Waals surface area contributed by atoms with Crippen molar-refractivity contribution >= 4 is 39.2 Å². The minimum absolute atomic E-state index is 0.0174. The Morgan fingerprint density at radius 3 is 2.72 bits per heavy atom. The molecule has 0 aliphatic carbocycles. The van der Waals surface area contributed by atoms with Crippen molar-refractivity contribution in [3.05, 3.63) is 76.6 Å². The van der Waals surface area contributed by atoms with Gasteiger partial charge in [0, 0.05) is 23.8 Å². The van der Waals surface area contributed by atoms with Crippen molar-refractivity contribution in [2.45, 2.75) is 30.5 Å². The fraction of sp³-hybridized carbons (Fsp3) is 0.227. The first-order chi connectivity index (χ1) is 14.0. The Bertz CT molecular complexity index is 1120. The number of aromatic nitrogens is 2. The monoisotopic (exact) mass is 423 g/mol. The van der Waals surface area contributed by atoms with Crippen LogP contribution in [-0.2, 0) is 5.75 Å². The average Bonchev–Trinajstić information content (AvgIpc) is 3.36. The van der Waals surface area contributed by atoms with Gasteiger partial charge in [-0.1, -0.05) is 29.4 Å². The van der Waals surface area contributed by atoms with Gasteiger partial charge in [0.05, 0.1) is 27.5 Å². The summed E-state index contributed by atoms with van der Waals surface area (Å²) in [5, 5.41) is 4.97. The van der Waals surface area contributed by atoms with Gasteiger partial charge >= 0.3 is 0 Å². The Balaban J connectivity index is 1.53. The molecule has 148 valence electrons. The van der Waals surface area contributed by atoms with Crippen LogP contribution in [0.4, 0.5) is 0 Å². The molecule has 7 heteroatoms. The van der Waals surface area contributed by atoms with Gasteiger partial charge in [0.15, 0.2) is 0 Å². The maximum Gasteiger partial charge on any atom is 0.255 e. The minimum Gasteiger partial charge on any atom is -0.361 e. The zero-order valence-electron chi connectivity index (χ0n) is 16.5. The Morgan fingerprint density at radius 1 is 1.21 bits per heavy atom. The largest absolute Gasteiger partial charge is 0.361 e. The molecule has 0 aliphatic rings. The fourth-order valence-electron chi connectivity index (χ4n) is 3.01. The number of benzene rings is 2. The third-order valence-corrected chi connectivity index (χ3v) is 7.05. The van der Waals surface area contributed by atoms with Crippen LogP contribution in [0.1, 0.15) is 39.8 Å². The summed E-state index contributed by atoms with van der Waals surface area (Å²) in [4.78, 5) is 20.7. The zero-order valence-corrected chi connectivity index (χ0v) is 18.1. The molecule has 2 aromatic heterocycles. The van der Waals surface area contributed by atoms with Crippen molar-refractivity contribution < 1.29 is 9.32 Å². The lowest BCUT2D eigenvalue weighted by Gasteiger charge is -2.24. The van der Waals surface area contributed by atoms with Gasteiger partial charge in [-0.25, -0.2) is 4.98 Å². The second kappa shape index (κ2) is 8.39. The highest BCUT2D eigenvalue weighted by molar-refractivity contribution is 7.98. The van der Waals surface area contributed by atoms with Gasteiger partial charge < -0.3 is 9.42 Å². The van der Waals surface area contributed by atoms with Crippen LogP contribution >= 0.6 is 23.1 Å². The van der Waals surface area contributed by atoms with Gasteiger partial charge in [0.1, 0.15) is 10.8 Å². The molecule has 0 spiro atoms. The number of amides is 1. The van der Waals surface area contributed by atoms with E-state index in [1.54, 1.807) is 28.0 Å². The molecule has 0 saturated carbocycles. The summed E-state index contributed by atoms with van der Waals surface area (Å²) >= 11 is 3.22. The zero-order chi connectivity index (χ0) is 20.4. The molecule has 2 aromatic carbocycles. The normalized spacial score (nSPS) is 12.2. The number of carbonyl (C=O) groups is 1. The summed E-state index contributed by atoms with van der Waals surface area (Å²) < 4.78 is 6.26. The van der Waals surface area contributed by atoms with Crippen molar-refractivity contribution in [1.29, 1.82) is 0 Å². The molecule has 0 bridgehead atoms. The average molecular weight is 424 g/mol. The highest BCUT2D eigenvalue weighted by Gasteiger charge is 2.23. The number of thioether (sulfide) groups is 1. The number of nitrogens with zero attached hydrogens (tertiary/aromatic N) is 3. The molecular weight excluding hydrogens is 402 g/mol. The van der Waals surface area contributed by atoms with Crippen LogP contribution in [-0.4, -0.2) is 28.0 Å². The molecule has 29 heavy (non-hydrogen) atoms. The first kappa shape index (κ1) is 19.7. The van der Waals surface area contributed by atoms with Gasteiger partial charge in [-0.15, -0.1) is 23.1 Å². The highest BCUT2D eigenvalue weighted by Crippen LogP contribution is 2.32. The predicted octanol–water partition coefficient (Wildman–Crippen LogP) is 5.72. The van der Waals surface area contributed by atoms with Crippen molar-refractivity contribution in [3.63, 3.8) is 0 Å². The lowest BCUT2D eigenvalue weighted by Crippen LogP contribution is -2.30. The van der Waals surface area contributed by atoms with Crippen molar-refractivity contribution in [2.75, 3.05) is 7.05 Å². The van der Waals surface area contributed by atoms with Crippen LogP contribution in [0.15, 0.2) is 64.0 Å². The van der Waals surface area contributed by atoms with Crippen molar-refractivity contribution in [2.24, 2.45) is 0 Å². The Kier molecular flexibility index (Phi) is 5.69. The van der Waals surface area contributed by atoms with Gasteiger partial charge in [0.25, 0.3) is 5.91 Å². The fourth-order valence-corrected chi connectivity index (χ4v) is 5.00. The van der Waals surface area contributed by atoms with E-state index in [0.717, 1.165) is 31.6 Å². The smallest absolute Gasteiger partial charge is 0.255 e. The second-order valence-corrected chi connectivity index (χ2v) is 8.90. The molecule has 1 amide bonds. The van der Waals surface area contributed by atoms with E-state index in [0.29, 0.717) is 11.3 Å². The summed E-state index contributed by atoms with van der Waals surface area (Å²) in [6.07, 6.45) is 0. The van der Waals surface area contributed by atoms with Crippen molar-refractivity contribution in [1.82, 2.24) is 15.0 Å². The van der Waals surface area contributed by atoms with Gasteiger partial charge in [-0.3, -0.25) is 4.79 Å². The number of hydrogen-bond acceptors (Lipinski definition) is 6. The Morgan fingerprint density at radius 2 is 1.97 bits per heavy atom. The highest BCUT2D eigenvalue weighted by atomic mass is 32.2. The molecule has 4 rings (SSSR count). The van der Waals surface area contributed by atoms with E-state index < -0.39 is 0 Å². The molecule has 5 nitrogen and oxygen atoms in total. The van der Waals surface area contributed by atoms with Crippen LogP contribution in [0, 0.1) is 6.92 Å². The molecule has 2 heterocycles. The van der Waals surface area contributed by atoms with E-state index in [4.69, 9.17) is 9.51 Å². The lowest BCUT2D eigenvalue weighted by atomic mass is 10.2. The van der Waals surface area contributed by atoms with Gasteiger partial charge in [0.2, 0.25) is 0 Å². The van der Waals surface area contributed by atoms with Crippen molar-refractivity contribution in [3.8, 4) is 0 Å². The lowest BCUT2D eigenvalue weighted by molar-refractivity contribution is 0.0739. The molecule has 1 unspecified atom stereocenters. The molecular formula is C22H21N3O2S2. The number of rotatable bonds is 6. The van der Waals surface area contributed by atoms with Crippen LogP contribution in [0.3, 0.4) is 0 Å². The number of para-hydroxylation sites is 1. The molecule has 1 atom stereocenters. The van der Waals surface area contributed by atoms with E-state index in [1.165, 1.54) is 0 Å². The number of thiazole rings is 1. The molecule has 0 aliphatic heterocycles. The van der Waals surface area contributed by atoms with E-state index in [1.807, 2.05) is 69.4 Å². The van der Waals surface area contributed by atoms with Crippen LogP contribution < -0.4 is 0 Å². The summed E-state index contributed by atoms with van der Waals surface area (Å²) in [5.41, 5.74) is 2.53. The molecule has 4 aromatic rings. The number of fused-ring (bicyclic) bond motifs is 1. The second-order valence-electron chi connectivity index (χ2n) is 6.83. The molecule has 0 radical (unpaired) electrons. The summed E-state index contributed by atoms with van der Waals surface area (Å²) in [7, 11) is 1.83. The van der Waals surface area contributed by atoms with Gasteiger partial charge in [-0.2, -0.15) is 0 Å².